The first-order valence-corrected chi connectivity index (χ1v) is 5.02. The molecule has 1 aromatic carbocycles. The Bertz CT molecular complexity index is 581. The maximum atomic E-state index is 12.9. The molecule has 0 saturated heterocycles. The van der Waals surface area contributed by atoms with E-state index in [2.05, 4.69) is 10.3 Å². The summed E-state index contributed by atoms with van der Waals surface area (Å²) in [5.74, 6) is -0.765. The number of hydrogen-bond donors (Lipinski definition) is 2. The van der Waals surface area contributed by atoms with E-state index in [1.807, 2.05) is 0 Å². The Morgan fingerprint density at radius 2 is 2.00 bits per heavy atom. The van der Waals surface area contributed by atoms with E-state index in [4.69, 9.17) is 0 Å². The molecule has 1 heterocycles. The number of hydrogen-bond acceptors (Lipinski definition) is 2. The van der Waals surface area contributed by atoms with Crippen LogP contribution in [0.2, 0.25) is 0 Å². The number of pyridine rings is 1. The van der Waals surface area contributed by atoms with Gasteiger partial charge < -0.3 is 10.3 Å². The standard InChI is InChI=1S/C12H10F2N2O/c13-9-3-1-2-8(6-9)7-15-11-5-4-10(14)12(17)16-11/h1-6H,7H2,(H2,15,16,17). The van der Waals surface area contributed by atoms with Crippen molar-refractivity contribution in [2.45, 2.75) is 6.54 Å². The van der Waals surface area contributed by atoms with Crippen molar-refractivity contribution in [3.63, 3.8) is 0 Å². The van der Waals surface area contributed by atoms with Crippen molar-refractivity contribution in [3.05, 3.63) is 63.9 Å². The van der Waals surface area contributed by atoms with Crippen LogP contribution in [0.5, 0.6) is 0 Å². The van der Waals surface area contributed by atoms with Crippen LogP contribution in [0.3, 0.4) is 0 Å². The highest BCUT2D eigenvalue weighted by Gasteiger charge is 2.00. The van der Waals surface area contributed by atoms with Gasteiger partial charge in [0.25, 0.3) is 5.56 Å². The summed E-state index contributed by atoms with van der Waals surface area (Å²) in [6, 6.07) is 8.57. The van der Waals surface area contributed by atoms with Crippen LogP contribution >= 0.6 is 0 Å². The van der Waals surface area contributed by atoms with Crippen LogP contribution in [0.4, 0.5) is 14.6 Å². The van der Waals surface area contributed by atoms with Gasteiger partial charge in [0.1, 0.15) is 11.6 Å². The molecule has 0 aliphatic carbocycles. The quantitative estimate of drug-likeness (QED) is 0.858. The van der Waals surface area contributed by atoms with E-state index in [0.29, 0.717) is 12.4 Å². The predicted octanol–water partition coefficient (Wildman–Crippen LogP) is 2.27. The molecule has 0 aliphatic rings. The van der Waals surface area contributed by atoms with Crippen LogP contribution in [0.25, 0.3) is 0 Å². The van der Waals surface area contributed by atoms with Crippen LogP contribution in [-0.2, 0) is 6.54 Å². The average Bonchev–Trinajstić information content (AvgIpc) is 2.31. The molecule has 0 unspecified atom stereocenters. The van der Waals surface area contributed by atoms with E-state index < -0.39 is 11.4 Å². The van der Waals surface area contributed by atoms with Crippen molar-refractivity contribution in [1.82, 2.24) is 4.98 Å². The molecule has 0 fully saturated rings. The first-order valence-electron chi connectivity index (χ1n) is 5.02. The fourth-order valence-corrected chi connectivity index (χ4v) is 1.40. The van der Waals surface area contributed by atoms with Gasteiger partial charge in [-0.1, -0.05) is 12.1 Å². The molecule has 0 amide bonds. The minimum absolute atomic E-state index is 0.322. The molecule has 0 atom stereocenters. The smallest absolute Gasteiger partial charge is 0.285 e. The lowest BCUT2D eigenvalue weighted by molar-refractivity contribution is 0.609. The molecule has 2 N–H and O–H groups in total. The highest BCUT2D eigenvalue weighted by atomic mass is 19.1. The van der Waals surface area contributed by atoms with Gasteiger partial charge in [-0.2, -0.15) is 0 Å². The van der Waals surface area contributed by atoms with Crippen LogP contribution in [0, 0.1) is 11.6 Å². The van der Waals surface area contributed by atoms with Crippen molar-refractivity contribution in [2.75, 3.05) is 5.32 Å². The zero-order chi connectivity index (χ0) is 12.3. The van der Waals surface area contributed by atoms with Gasteiger partial charge in [0.2, 0.25) is 0 Å². The molecule has 0 radical (unpaired) electrons. The Morgan fingerprint density at radius 1 is 1.18 bits per heavy atom. The van der Waals surface area contributed by atoms with Crippen LogP contribution in [0.1, 0.15) is 5.56 Å². The van der Waals surface area contributed by atoms with E-state index in [1.54, 1.807) is 12.1 Å². The van der Waals surface area contributed by atoms with E-state index in [1.165, 1.54) is 18.2 Å². The fraction of sp³-hybridized carbons (Fsp3) is 0.0833. The van der Waals surface area contributed by atoms with Crippen molar-refractivity contribution >= 4 is 5.82 Å². The Kier molecular flexibility index (Phi) is 3.18. The van der Waals surface area contributed by atoms with E-state index in [9.17, 15) is 13.6 Å². The third-order valence-corrected chi connectivity index (χ3v) is 2.23. The van der Waals surface area contributed by atoms with Crippen molar-refractivity contribution in [2.24, 2.45) is 0 Å². The molecule has 0 aliphatic heterocycles. The summed E-state index contributed by atoms with van der Waals surface area (Å²) >= 11 is 0. The lowest BCUT2D eigenvalue weighted by Gasteiger charge is -2.06. The summed E-state index contributed by atoms with van der Waals surface area (Å²) in [6.45, 7) is 0.347. The summed E-state index contributed by atoms with van der Waals surface area (Å²) in [5.41, 5.74) is -0.0515. The zero-order valence-corrected chi connectivity index (χ0v) is 8.84. The average molecular weight is 236 g/mol. The van der Waals surface area contributed by atoms with Gasteiger partial charge in [0.05, 0.1) is 0 Å². The molecule has 3 nitrogen and oxygen atoms in total. The Hall–Kier alpha value is -2.17. The molecular weight excluding hydrogens is 226 g/mol. The fourth-order valence-electron chi connectivity index (χ4n) is 1.40. The van der Waals surface area contributed by atoms with Crippen molar-refractivity contribution < 1.29 is 8.78 Å². The Balaban J connectivity index is 2.07. The van der Waals surface area contributed by atoms with Gasteiger partial charge in [-0.05, 0) is 29.8 Å². The summed E-state index contributed by atoms with van der Waals surface area (Å²) in [4.78, 5) is 13.3. The number of benzene rings is 1. The third-order valence-electron chi connectivity index (χ3n) is 2.23. The molecule has 0 saturated carbocycles. The number of H-pyrrole nitrogens is 1. The highest BCUT2D eigenvalue weighted by Crippen LogP contribution is 2.06. The second-order valence-electron chi connectivity index (χ2n) is 3.53. The molecule has 2 aromatic rings. The Labute approximate surface area is 96.1 Å². The van der Waals surface area contributed by atoms with Gasteiger partial charge in [-0.25, -0.2) is 8.78 Å². The van der Waals surface area contributed by atoms with E-state index >= 15 is 0 Å². The highest BCUT2D eigenvalue weighted by molar-refractivity contribution is 5.35. The van der Waals surface area contributed by atoms with Gasteiger partial charge in [0.15, 0.2) is 5.82 Å². The molecule has 2 rings (SSSR count). The largest absolute Gasteiger partial charge is 0.367 e. The summed E-state index contributed by atoms with van der Waals surface area (Å²) in [6.07, 6.45) is 0. The number of nitrogens with one attached hydrogen (secondary N) is 2. The van der Waals surface area contributed by atoms with Crippen LogP contribution in [0.15, 0.2) is 41.2 Å². The number of aromatic nitrogens is 1. The molecular formula is C12H10F2N2O. The maximum absolute atomic E-state index is 12.9. The molecule has 0 spiro atoms. The second-order valence-corrected chi connectivity index (χ2v) is 3.53. The van der Waals surface area contributed by atoms with Gasteiger partial charge in [-0.3, -0.25) is 4.79 Å². The normalized spacial score (nSPS) is 10.2. The topological polar surface area (TPSA) is 44.9 Å². The molecule has 0 bridgehead atoms. The van der Waals surface area contributed by atoms with Gasteiger partial charge in [0, 0.05) is 6.54 Å². The molecule has 1 aromatic heterocycles. The SMILES string of the molecule is O=c1[nH]c(NCc2cccc(F)c2)ccc1F. The lowest BCUT2D eigenvalue weighted by Crippen LogP contribution is -2.13. The molecule has 17 heavy (non-hydrogen) atoms. The maximum Gasteiger partial charge on any atom is 0.285 e. The van der Waals surface area contributed by atoms with Crippen molar-refractivity contribution in [1.29, 1.82) is 0 Å². The Morgan fingerprint density at radius 3 is 2.71 bits per heavy atom. The first-order chi connectivity index (χ1) is 8.15. The number of halogens is 2. The van der Waals surface area contributed by atoms with Gasteiger partial charge in [-0.15, -0.1) is 0 Å². The predicted molar refractivity (Wildman–Crippen MR) is 60.7 cm³/mol. The third kappa shape index (κ3) is 2.90. The van der Waals surface area contributed by atoms with Crippen LogP contribution in [-0.4, -0.2) is 4.98 Å². The number of anilines is 1. The lowest BCUT2D eigenvalue weighted by atomic mass is 10.2. The van der Waals surface area contributed by atoms with Crippen molar-refractivity contribution in [3.8, 4) is 0 Å². The number of rotatable bonds is 3. The number of aromatic amines is 1. The molecule has 5 heteroatoms. The van der Waals surface area contributed by atoms with Gasteiger partial charge >= 0.3 is 0 Å². The zero-order valence-electron chi connectivity index (χ0n) is 8.84. The summed E-state index contributed by atoms with van der Waals surface area (Å²) in [7, 11) is 0. The van der Waals surface area contributed by atoms with E-state index in [-0.39, 0.29) is 5.82 Å². The molecule has 88 valence electrons. The summed E-state index contributed by atoms with van der Waals surface area (Å²) < 4.78 is 25.6. The second kappa shape index (κ2) is 4.78. The minimum atomic E-state index is -0.832. The van der Waals surface area contributed by atoms with E-state index in [0.717, 1.165) is 11.6 Å². The minimum Gasteiger partial charge on any atom is -0.367 e. The first kappa shape index (κ1) is 11.3. The van der Waals surface area contributed by atoms with Crippen LogP contribution < -0.4 is 10.9 Å². The monoisotopic (exact) mass is 236 g/mol. The summed E-state index contributed by atoms with van der Waals surface area (Å²) in [5, 5.41) is 2.87.